The second kappa shape index (κ2) is 12.7. The van der Waals surface area contributed by atoms with Crippen molar-refractivity contribution in [2.75, 3.05) is 26.8 Å². The number of nitrogens with one attached hydrogen (secondary N) is 2. The van der Waals surface area contributed by atoms with E-state index in [4.69, 9.17) is 4.74 Å². The number of alkyl halides is 2. The standard InChI is InChI=1S/C17H24BrF2N3O2.HI/c1-21-17(22-7-2-8-24-11-12-3-4-12)23-10-13-9-14(18)5-6-15(13)25-16(19)20;/h5-6,9,12,16H,2-4,7-8,10-11H2,1H3,(H2,21,22,23);1H. The Bertz CT molecular complexity index is 575. The van der Waals surface area contributed by atoms with Gasteiger partial charge in [0.2, 0.25) is 0 Å². The van der Waals surface area contributed by atoms with Gasteiger partial charge in [0.25, 0.3) is 0 Å². The molecule has 0 heterocycles. The zero-order valence-electron chi connectivity index (χ0n) is 14.6. The molecule has 0 saturated heterocycles. The highest BCUT2D eigenvalue weighted by Crippen LogP contribution is 2.28. The van der Waals surface area contributed by atoms with Gasteiger partial charge in [-0.05, 0) is 43.4 Å². The highest BCUT2D eigenvalue weighted by atomic mass is 127. The molecule has 0 atom stereocenters. The Balaban J connectivity index is 0.00000338. The fourth-order valence-electron chi connectivity index (χ4n) is 2.21. The summed E-state index contributed by atoms with van der Waals surface area (Å²) in [5, 5.41) is 6.27. The van der Waals surface area contributed by atoms with Crippen molar-refractivity contribution < 1.29 is 18.3 Å². The molecule has 0 aliphatic heterocycles. The molecule has 2 N–H and O–H groups in total. The topological polar surface area (TPSA) is 54.9 Å². The third-order valence-corrected chi connectivity index (χ3v) is 4.21. The van der Waals surface area contributed by atoms with E-state index in [2.05, 4.69) is 36.3 Å². The van der Waals surface area contributed by atoms with Gasteiger partial charge in [0.05, 0.1) is 0 Å². The zero-order chi connectivity index (χ0) is 18.1. The third-order valence-electron chi connectivity index (χ3n) is 3.72. The number of hydrogen-bond acceptors (Lipinski definition) is 3. The molecular formula is C17H25BrF2IN3O2. The predicted molar refractivity (Wildman–Crippen MR) is 113 cm³/mol. The maximum Gasteiger partial charge on any atom is 0.387 e. The van der Waals surface area contributed by atoms with E-state index < -0.39 is 6.61 Å². The Morgan fingerprint density at radius 1 is 1.35 bits per heavy atom. The normalized spacial score (nSPS) is 14.1. The summed E-state index contributed by atoms with van der Waals surface area (Å²) in [5.41, 5.74) is 0.616. The monoisotopic (exact) mass is 547 g/mol. The third kappa shape index (κ3) is 9.31. The molecule has 0 bridgehead atoms. The van der Waals surface area contributed by atoms with Crippen LogP contribution in [0.15, 0.2) is 27.7 Å². The van der Waals surface area contributed by atoms with Crippen LogP contribution in [0.3, 0.4) is 0 Å². The van der Waals surface area contributed by atoms with E-state index in [1.807, 2.05) is 0 Å². The average molecular weight is 548 g/mol. The lowest BCUT2D eigenvalue weighted by Gasteiger charge is -2.15. The minimum Gasteiger partial charge on any atom is -0.434 e. The Morgan fingerprint density at radius 3 is 2.77 bits per heavy atom. The van der Waals surface area contributed by atoms with Crippen LogP contribution in [0.1, 0.15) is 24.8 Å². The Hall–Kier alpha value is -0.680. The summed E-state index contributed by atoms with van der Waals surface area (Å²) < 4.78 is 35.9. The molecule has 0 spiro atoms. The van der Waals surface area contributed by atoms with Crippen LogP contribution in [0.25, 0.3) is 0 Å². The van der Waals surface area contributed by atoms with Gasteiger partial charge in [0.15, 0.2) is 5.96 Å². The first kappa shape index (κ1) is 23.4. The van der Waals surface area contributed by atoms with Crippen LogP contribution < -0.4 is 15.4 Å². The fraction of sp³-hybridized carbons (Fsp3) is 0.588. The number of nitrogens with zero attached hydrogens (tertiary/aromatic N) is 1. The van der Waals surface area contributed by atoms with Gasteiger partial charge >= 0.3 is 6.61 Å². The zero-order valence-corrected chi connectivity index (χ0v) is 18.6. The van der Waals surface area contributed by atoms with Crippen molar-refractivity contribution in [1.29, 1.82) is 0 Å². The van der Waals surface area contributed by atoms with E-state index in [0.29, 0.717) is 18.1 Å². The molecule has 9 heteroatoms. The van der Waals surface area contributed by atoms with Gasteiger partial charge in [0.1, 0.15) is 5.75 Å². The molecule has 5 nitrogen and oxygen atoms in total. The van der Waals surface area contributed by atoms with Gasteiger partial charge in [-0.1, -0.05) is 15.9 Å². The summed E-state index contributed by atoms with van der Waals surface area (Å²) in [6.45, 7) is -0.225. The first-order valence-electron chi connectivity index (χ1n) is 8.34. The van der Waals surface area contributed by atoms with Crippen molar-refractivity contribution in [3.63, 3.8) is 0 Å². The van der Waals surface area contributed by atoms with Crippen molar-refractivity contribution in [3.8, 4) is 5.75 Å². The predicted octanol–water partition coefficient (Wildman–Crippen LogP) is 4.15. The average Bonchev–Trinajstić information content (AvgIpc) is 3.39. The molecule has 0 amide bonds. The molecule has 1 saturated carbocycles. The molecular weight excluding hydrogens is 523 g/mol. The molecule has 148 valence electrons. The largest absolute Gasteiger partial charge is 0.434 e. The minimum absolute atomic E-state index is 0. The molecule has 0 unspecified atom stereocenters. The number of benzene rings is 1. The lowest BCUT2D eigenvalue weighted by molar-refractivity contribution is -0.0504. The SMILES string of the molecule is CN=C(NCCCOCC1CC1)NCc1cc(Br)ccc1OC(F)F.I. The van der Waals surface area contributed by atoms with Crippen molar-refractivity contribution in [2.45, 2.75) is 32.4 Å². The van der Waals surface area contributed by atoms with Gasteiger partial charge in [-0.2, -0.15) is 8.78 Å². The first-order valence-corrected chi connectivity index (χ1v) is 9.13. The van der Waals surface area contributed by atoms with E-state index in [1.54, 1.807) is 19.2 Å². The fourth-order valence-corrected chi connectivity index (χ4v) is 2.62. The van der Waals surface area contributed by atoms with E-state index >= 15 is 0 Å². The summed E-state index contributed by atoms with van der Waals surface area (Å²) in [6.07, 6.45) is 3.47. The molecule has 1 aromatic carbocycles. The highest BCUT2D eigenvalue weighted by molar-refractivity contribution is 14.0. The molecule has 2 rings (SSSR count). The molecule has 1 aliphatic rings. The van der Waals surface area contributed by atoms with E-state index in [9.17, 15) is 8.78 Å². The van der Waals surface area contributed by atoms with Gasteiger partial charge in [-0.3, -0.25) is 4.99 Å². The van der Waals surface area contributed by atoms with Crippen LogP contribution in [-0.2, 0) is 11.3 Å². The number of rotatable bonds is 10. The number of halogens is 4. The Morgan fingerprint density at radius 2 is 2.12 bits per heavy atom. The summed E-state index contributed by atoms with van der Waals surface area (Å²) in [6, 6.07) is 4.92. The Labute approximate surface area is 178 Å². The highest BCUT2D eigenvalue weighted by Gasteiger charge is 2.20. The molecule has 0 radical (unpaired) electrons. The summed E-state index contributed by atoms with van der Waals surface area (Å²) in [7, 11) is 1.66. The second-order valence-corrected chi connectivity index (χ2v) is 6.77. The summed E-state index contributed by atoms with van der Waals surface area (Å²) in [4.78, 5) is 4.13. The molecule has 1 fully saturated rings. The summed E-state index contributed by atoms with van der Waals surface area (Å²) >= 11 is 3.34. The minimum atomic E-state index is -2.85. The van der Waals surface area contributed by atoms with Crippen molar-refractivity contribution >= 4 is 45.9 Å². The number of ether oxygens (including phenoxy) is 2. The van der Waals surface area contributed by atoms with E-state index in [0.717, 1.165) is 36.6 Å². The van der Waals surface area contributed by atoms with Crippen molar-refractivity contribution in [3.05, 3.63) is 28.2 Å². The van der Waals surface area contributed by atoms with Crippen LogP contribution in [0.5, 0.6) is 5.75 Å². The smallest absolute Gasteiger partial charge is 0.387 e. The van der Waals surface area contributed by atoms with Crippen LogP contribution in [0.2, 0.25) is 0 Å². The number of hydrogen-bond donors (Lipinski definition) is 2. The molecule has 1 aromatic rings. The Kier molecular flexibility index (Phi) is 11.4. The quantitative estimate of drug-likeness (QED) is 0.200. The van der Waals surface area contributed by atoms with Crippen LogP contribution in [-0.4, -0.2) is 39.4 Å². The van der Waals surface area contributed by atoms with Crippen LogP contribution >= 0.6 is 39.9 Å². The lowest BCUT2D eigenvalue weighted by Crippen LogP contribution is -2.37. The number of aliphatic imine (C=N–C) groups is 1. The van der Waals surface area contributed by atoms with Gasteiger partial charge < -0.3 is 20.1 Å². The molecule has 1 aliphatic carbocycles. The van der Waals surface area contributed by atoms with Gasteiger partial charge in [-0.15, -0.1) is 24.0 Å². The van der Waals surface area contributed by atoms with Gasteiger partial charge in [0, 0.05) is 43.4 Å². The number of guanidine groups is 1. The van der Waals surface area contributed by atoms with Crippen molar-refractivity contribution in [1.82, 2.24) is 10.6 Å². The molecule has 0 aromatic heterocycles. The van der Waals surface area contributed by atoms with E-state index in [-0.39, 0.29) is 29.7 Å². The van der Waals surface area contributed by atoms with Crippen molar-refractivity contribution in [2.24, 2.45) is 10.9 Å². The summed E-state index contributed by atoms with van der Waals surface area (Å²) in [5.74, 6) is 1.53. The first-order chi connectivity index (χ1) is 12.1. The lowest BCUT2D eigenvalue weighted by atomic mass is 10.2. The maximum absolute atomic E-state index is 12.5. The second-order valence-electron chi connectivity index (χ2n) is 5.85. The van der Waals surface area contributed by atoms with Crippen LogP contribution in [0, 0.1) is 5.92 Å². The molecule has 26 heavy (non-hydrogen) atoms. The van der Waals surface area contributed by atoms with Crippen LogP contribution in [0.4, 0.5) is 8.78 Å². The van der Waals surface area contributed by atoms with Gasteiger partial charge in [-0.25, -0.2) is 0 Å². The maximum atomic E-state index is 12.5. The van der Waals surface area contributed by atoms with E-state index in [1.165, 1.54) is 18.9 Å².